The molecule has 1 aliphatic heterocycles. The van der Waals surface area contributed by atoms with Gasteiger partial charge in [0.25, 0.3) is 5.91 Å². The standard InChI is InChI=1S/C16H23ClN6O3S/c1-4-8-11(17)20-12(18-8)13(25)19-9-5-6-23(7-10(9)24)15-22-21-14(27-15)16(2,3)26/h9-10,24,26H,4-7H2,1-3H3,(H,18,20)(H,19,25). The highest BCUT2D eigenvalue weighted by Crippen LogP contribution is 2.30. The number of nitrogens with one attached hydrogen (secondary N) is 2. The summed E-state index contributed by atoms with van der Waals surface area (Å²) in [6, 6.07) is -0.399. The first-order valence-corrected chi connectivity index (χ1v) is 9.93. The Morgan fingerprint density at radius 1 is 1.48 bits per heavy atom. The van der Waals surface area contributed by atoms with Crippen molar-refractivity contribution in [3.05, 3.63) is 21.7 Å². The van der Waals surface area contributed by atoms with Gasteiger partial charge in [-0.25, -0.2) is 4.98 Å². The molecule has 2 aromatic heterocycles. The van der Waals surface area contributed by atoms with Crippen LogP contribution in [0.4, 0.5) is 5.13 Å². The molecule has 0 saturated carbocycles. The minimum atomic E-state index is -1.05. The third-order valence-electron chi connectivity index (χ3n) is 4.40. The van der Waals surface area contributed by atoms with Crippen molar-refractivity contribution in [3.63, 3.8) is 0 Å². The number of hydrogen-bond acceptors (Lipinski definition) is 8. The van der Waals surface area contributed by atoms with Crippen molar-refractivity contribution in [1.82, 2.24) is 25.5 Å². The Hall–Kier alpha value is -1.75. The van der Waals surface area contributed by atoms with Crippen LogP contribution in [0.1, 0.15) is 48.5 Å². The molecule has 3 heterocycles. The smallest absolute Gasteiger partial charge is 0.287 e. The highest BCUT2D eigenvalue weighted by Gasteiger charge is 2.32. The second kappa shape index (κ2) is 7.70. The summed E-state index contributed by atoms with van der Waals surface area (Å²) in [5.41, 5.74) is -0.348. The molecule has 1 amide bonds. The molecule has 0 spiro atoms. The molecule has 0 radical (unpaired) electrons. The van der Waals surface area contributed by atoms with E-state index in [1.807, 2.05) is 11.8 Å². The van der Waals surface area contributed by atoms with E-state index in [1.165, 1.54) is 11.3 Å². The number of imidazole rings is 1. The predicted molar refractivity (Wildman–Crippen MR) is 102 cm³/mol. The van der Waals surface area contributed by atoms with E-state index < -0.39 is 23.7 Å². The van der Waals surface area contributed by atoms with Crippen molar-refractivity contribution in [2.24, 2.45) is 0 Å². The van der Waals surface area contributed by atoms with E-state index in [9.17, 15) is 15.0 Å². The van der Waals surface area contributed by atoms with Gasteiger partial charge in [0.2, 0.25) is 5.13 Å². The zero-order chi connectivity index (χ0) is 19.8. The minimum Gasteiger partial charge on any atom is -0.389 e. The van der Waals surface area contributed by atoms with E-state index in [0.717, 1.165) is 0 Å². The van der Waals surface area contributed by atoms with Gasteiger partial charge in [0, 0.05) is 13.1 Å². The Balaban J connectivity index is 1.61. The number of rotatable bonds is 5. The third kappa shape index (κ3) is 4.40. The number of aliphatic hydroxyl groups is 2. The summed E-state index contributed by atoms with van der Waals surface area (Å²) in [7, 11) is 0. The van der Waals surface area contributed by atoms with E-state index in [2.05, 4.69) is 25.5 Å². The van der Waals surface area contributed by atoms with Crippen LogP contribution >= 0.6 is 22.9 Å². The van der Waals surface area contributed by atoms with Crippen molar-refractivity contribution < 1.29 is 15.0 Å². The molecule has 27 heavy (non-hydrogen) atoms. The Bertz CT molecular complexity index is 817. The van der Waals surface area contributed by atoms with E-state index in [1.54, 1.807) is 13.8 Å². The lowest BCUT2D eigenvalue weighted by atomic mass is 10.0. The Kier molecular flexibility index (Phi) is 5.71. The fraction of sp³-hybridized carbons (Fsp3) is 0.625. The molecule has 3 rings (SSSR count). The van der Waals surface area contributed by atoms with Crippen LogP contribution in [0.15, 0.2) is 0 Å². The van der Waals surface area contributed by atoms with Gasteiger partial charge < -0.3 is 25.4 Å². The normalized spacial score (nSPS) is 20.7. The molecule has 1 aliphatic rings. The summed E-state index contributed by atoms with van der Waals surface area (Å²) in [5, 5.41) is 32.9. The SMILES string of the molecule is CCc1[nH]c(C(=O)NC2CCN(c3nnc(C(C)(C)O)s3)CC2O)nc1Cl. The number of amides is 1. The van der Waals surface area contributed by atoms with Gasteiger partial charge in [-0.3, -0.25) is 4.79 Å². The number of aromatic amines is 1. The van der Waals surface area contributed by atoms with Gasteiger partial charge in [-0.05, 0) is 26.7 Å². The molecule has 1 saturated heterocycles. The number of aliphatic hydroxyl groups excluding tert-OH is 1. The number of nitrogens with zero attached hydrogens (tertiary/aromatic N) is 4. The summed E-state index contributed by atoms with van der Waals surface area (Å²) in [6.45, 7) is 6.13. The van der Waals surface area contributed by atoms with E-state index in [-0.39, 0.29) is 11.0 Å². The minimum absolute atomic E-state index is 0.144. The number of carbonyl (C=O) groups is 1. The highest BCUT2D eigenvalue weighted by molar-refractivity contribution is 7.15. The number of aromatic nitrogens is 4. The fourth-order valence-corrected chi connectivity index (χ4v) is 3.98. The fourth-order valence-electron chi connectivity index (χ4n) is 2.83. The molecule has 2 unspecified atom stereocenters. The summed E-state index contributed by atoms with van der Waals surface area (Å²) >= 11 is 7.27. The zero-order valence-electron chi connectivity index (χ0n) is 15.4. The van der Waals surface area contributed by atoms with Crippen LogP contribution in [-0.2, 0) is 12.0 Å². The summed E-state index contributed by atoms with van der Waals surface area (Å²) in [4.78, 5) is 21.2. The first kappa shape index (κ1) is 20.0. The number of H-pyrrole nitrogens is 1. The number of carbonyl (C=O) groups excluding carboxylic acids is 1. The second-order valence-corrected chi connectivity index (χ2v) is 8.35. The van der Waals surface area contributed by atoms with Gasteiger partial charge in [-0.1, -0.05) is 29.9 Å². The molecule has 9 nitrogen and oxygen atoms in total. The van der Waals surface area contributed by atoms with Crippen molar-refractivity contribution in [2.45, 2.75) is 51.4 Å². The van der Waals surface area contributed by atoms with Crippen LogP contribution in [0.25, 0.3) is 0 Å². The molecule has 2 aromatic rings. The molecule has 0 aliphatic carbocycles. The largest absolute Gasteiger partial charge is 0.389 e. The topological polar surface area (TPSA) is 127 Å². The lowest BCUT2D eigenvalue weighted by molar-refractivity contribution is 0.0775. The van der Waals surface area contributed by atoms with Gasteiger partial charge in [0.1, 0.15) is 10.6 Å². The second-order valence-electron chi connectivity index (χ2n) is 7.04. The van der Waals surface area contributed by atoms with E-state index in [4.69, 9.17) is 11.6 Å². The van der Waals surface area contributed by atoms with Crippen molar-refractivity contribution >= 4 is 34.0 Å². The number of β-amino-alcohol motifs (C(OH)–C–C–N with tert-alkyl or cyclic N) is 1. The Morgan fingerprint density at radius 3 is 2.78 bits per heavy atom. The van der Waals surface area contributed by atoms with Gasteiger partial charge in [-0.2, -0.15) is 0 Å². The lowest BCUT2D eigenvalue weighted by Crippen LogP contribution is -2.54. The number of piperidine rings is 1. The van der Waals surface area contributed by atoms with Gasteiger partial charge in [-0.15, -0.1) is 10.2 Å². The van der Waals surface area contributed by atoms with Crippen LogP contribution < -0.4 is 10.2 Å². The number of hydrogen-bond donors (Lipinski definition) is 4. The first-order valence-electron chi connectivity index (χ1n) is 8.73. The van der Waals surface area contributed by atoms with E-state index in [0.29, 0.717) is 41.8 Å². The maximum atomic E-state index is 12.4. The van der Waals surface area contributed by atoms with Crippen molar-refractivity contribution in [3.8, 4) is 0 Å². The van der Waals surface area contributed by atoms with Crippen molar-refractivity contribution in [1.29, 1.82) is 0 Å². The van der Waals surface area contributed by atoms with E-state index >= 15 is 0 Å². The van der Waals surface area contributed by atoms with Crippen LogP contribution in [0, 0.1) is 0 Å². The molecular weight excluding hydrogens is 392 g/mol. The Morgan fingerprint density at radius 2 is 2.22 bits per heavy atom. The van der Waals surface area contributed by atoms with Crippen LogP contribution in [-0.4, -0.2) is 61.5 Å². The molecule has 0 bridgehead atoms. The van der Waals surface area contributed by atoms with Gasteiger partial charge in [0.15, 0.2) is 11.0 Å². The van der Waals surface area contributed by atoms with Crippen molar-refractivity contribution in [2.75, 3.05) is 18.0 Å². The molecule has 4 N–H and O–H groups in total. The average Bonchev–Trinajstić information content (AvgIpc) is 3.23. The van der Waals surface area contributed by atoms with Gasteiger partial charge in [0.05, 0.1) is 17.8 Å². The lowest BCUT2D eigenvalue weighted by Gasteiger charge is -2.35. The zero-order valence-corrected chi connectivity index (χ0v) is 16.9. The molecule has 148 valence electrons. The first-order chi connectivity index (χ1) is 12.7. The molecular formula is C16H23ClN6O3S. The Labute approximate surface area is 165 Å². The number of aryl methyl sites for hydroxylation is 1. The maximum absolute atomic E-state index is 12.4. The van der Waals surface area contributed by atoms with Gasteiger partial charge >= 0.3 is 0 Å². The third-order valence-corrected chi connectivity index (χ3v) is 6.01. The highest BCUT2D eigenvalue weighted by atomic mass is 35.5. The number of anilines is 1. The van der Waals surface area contributed by atoms with Crippen LogP contribution in [0.3, 0.4) is 0 Å². The monoisotopic (exact) mass is 414 g/mol. The maximum Gasteiger partial charge on any atom is 0.287 e. The summed E-state index contributed by atoms with van der Waals surface area (Å²) < 4.78 is 0. The summed E-state index contributed by atoms with van der Waals surface area (Å²) in [6.07, 6.45) is 0.418. The average molecular weight is 415 g/mol. The molecule has 1 fully saturated rings. The van der Waals surface area contributed by atoms with Crippen LogP contribution in [0.2, 0.25) is 5.15 Å². The predicted octanol–water partition coefficient (Wildman–Crippen LogP) is 1.07. The molecule has 0 aromatic carbocycles. The number of halogens is 1. The van der Waals surface area contributed by atoms with Crippen LogP contribution in [0.5, 0.6) is 0 Å². The summed E-state index contributed by atoms with van der Waals surface area (Å²) in [5.74, 6) is -0.250. The molecule has 2 atom stereocenters. The quantitative estimate of drug-likeness (QED) is 0.576. The molecule has 11 heteroatoms.